The SMILES string of the molecule is CC(C)(C)P(=O)(CCO)c1ccccc1. The zero-order chi connectivity index (χ0) is 11.5. The molecule has 0 aliphatic carbocycles. The zero-order valence-electron chi connectivity index (χ0n) is 9.60. The molecule has 0 saturated carbocycles. The van der Waals surface area contributed by atoms with Crippen LogP contribution in [0.25, 0.3) is 0 Å². The molecule has 0 radical (unpaired) electrons. The topological polar surface area (TPSA) is 37.3 Å². The van der Waals surface area contributed by atoms with Crippen LogP contribution in [0, 0.1) is 0 Å². The Balaban J connectivity index is 3.20. The molecule has 84 valence electrons. The summed E-state index contributed by atoms with van der Waals surface area (Å²) < 4.78 is 12.9. The number of rotatable bonds is 3. The van der Waals surface area contributed by atoms with Gasteiger partial charge in [-0.05, 0) is 0 Å². The lowest BCUT2D eigenvalue weighted by atomic mass is 10.3. The molecule has 15 heavy (non-hydrogen) atoms. The van der Waals surface area contributed by atoms with E-state index in [0.29, 0.717) is 6.16 Å². The molecular formula is C12H19O2P. The summed E-state index contributed by atoms with van der Waals surface area (Å²) >= 11 is 0. The van der Waals surface area contributed by atoms with Crippen molar-refractivity contribution in [3.05, 3.63) is 30.3 Å². The highest BCUT2D eigenvalue weighted by Crippen LogP contribution is 2.56. The molecule has 1 aromatic carbocycles. The van der Waals surface area contributed by atoms with E-state index >= 15 is 0 Å². The Hall–Kier alpha value is -0.590. The lowest BCUT2D eigenvalue weighted by Gasteiger charge is -2.31. The van der Waals surface area contributed by atoms with Crippen molar-refractivity contribution in [3.8, 4) is 0 Å². The fraction of sp³-hybridized carbons (Fsp3) is 0.500. The maximum absolute atomic E-state index is 12.9. The Kier molecular flexibility index (Phi) is 3.75. The molecule has 1 aromatic rings. The minimum atomic E-state index is -2.51. The quantitative estimate of drug-likeness (QED) is 0.804. The van der Waals surface area contributed by atoms with Gasteiger partial charge in [-0.25, -0.2) is 0 Å². The largest absolute Gasteiger partial charge is 0.396 e. The van der Waals surface area contributed by atoms with E-state index < -0.39 is 7.14 Å². The molecule has 0 heterocycles. The van der Waals surface area contributed by atoms with E-state index in [2.05, 4.69) is 0 Å². The van der Waals surface area contributed by atoms with Crippen LogP contribution in [0.4, 0.5) is 0 Å². The first-order valence-electron chi connectivity index (χ1n) is 5.17. The van der Waals surface area contributed by atoms with Gasteiger partial charge in [0, 0.05) is 16.6 Å². The Morgan fingerprint density at radius 3 is 2.13 bits per heavy atom. The van der Waals surface area contributed by atoms with Crippen LogP contribution in [-0.4, -0.2) is 23.0 Å². The lowest BCUT2D eigenvalue weighted by Crippen LogP contribution is -2.26. The van der Waals surface area contributed by atoms with Gasteiger partial charge < -0.3 is 9.67 Å². The van der Waals surface area contributed by atoms with Crippen LogP contribution < -0.4 is 5.30 Å². The summed E-state index contributed by atoms with van der Waals surface area (Å²) in [5.74, 6) is 0. The first-order valence-corrected chi connectivity index (χ1v) is 7.06. The summed E-state index contributed by atoms with van der Waals surface area (Å²) in [4.78, 5) is 0. The van der Waals surface area contributed by atoms with Crippen molar-refractivity contribution in [2.45, 2.75) is 25.9 Å². The highest BCUT2D eigenvalue weighted by molar-refractivity contribution is 7.73. The number of hydrogen-bond acceptors (Lipinski definition) is 2. The van der Waals surface area contributed by atoms with Gasteiger partial charge in [0.1, 0.15) is 7.14 Å². The van der Waals surface area contributed by atoms with E-state index in [0.717, 1.165) is 5.30 Å². The average Bonchev–Trinajstić information content (AvgIpc) is 2.18. The van der Waals surface area contributed by atoms with Crippen LogP contribution in [0.3, 0.4) is 0 Å². The Labute approximate surface area is 91.7 Å². The Morgan fingerprint density at radius 1 is 1.20 bits per heavy atom. The zero-order valence-corrected chi connectivity index (χ0v) is 10.5. The molecular weight excluding hydrogens is 207 g/mol. The number of aliphatic hydroxyl groups excluding tert-OH is 1. The third-order valence-electron chi connectivity index (χ3n) is 2.67. The van der Waals surface area contributed by atoms with Gasteiger partial charge in [-0.15, -0.1) is 0 Å². The van der Waals surface area contributed by atoms with Crippen molar-refractivity contribution in [1.82, 2.24) is 0 Å². The van der Waals surface area contributed by atoms with Gasteiger partial charge >= 0.3 is 0 Å². The van der Waals surface area contributed by atoms with Gasteiger partial charge in [0.15, 0.2) is 0 Å². The number of hydrogen-bond donors (Lipinski definition) is 1. The molecule has 0 aliphatic heterocycles. The molecule has 0 fully saturated rings. The van der Waals surface area contributed by atoms with Gasteiger partial charge in [-0.1, -0.05) is 51.1 Å². The van der Waals surface area contributed by atoms with E-state index in [1.54, 1.807) is 0 Å². The molecule has 2 nitrogen and oxygen atoms in total. The highest BCUT2D eigenvalue weighted by atomic mass is 31.2. The second kappa shape index (κ2) is 4.51. The molecule has 0 aliphatic rings. The Bertz CT molecular complexity index is 352. The molecule has 3 heteroatoms. The standard InChI is InChI=1S/C12H19O2P/c1-12(2,3)15(14,10-9-13)11-7-5-4-6-8-11/h4-8,13H,9-10H2,1-3H3. The van der Waals surface area contributed by atoms with Gasteiger partial charge in [0.2, 0.25) is 0 Å². The van der Waals surface area contributed by atoms with Crippen molar-refractivity contribution in [2.75, 3.05) is 12.8 Å². The van der Waals surface area contributed by atoms with E-state index in [1.165, 1.54) is 0 Å². The van der Waals surface area contributed by atoms with Gasteiger partial charge in [0.25, 0.3) is 0 Å². The van der Waals surface area contributed by atoms with E-state index in [4.69, 9.17) is 5.11 Å². The van der Waals surface area contributed by atoms with Crippen LogP contribution in [0.2, 0.25) is 0 Å². The molecule has 0 spiro atoms. The maximum Gasteiger partial charge on any atom is 0.122 e. The van der Waals surface area contributed by atoms with Crippen LogP contribution in [-0.2, 0) is 4.57 Å². The monoisotopic (exact) mass is 226 g/mol. The second-order valence-electron chi connectivity index (χ2n) is 4.69. The predicted octanol–water partition coefficient (Wildman–Crippen LogP) is 2.47. The Morgan fingerprint density at radius 2 is 1.73 bits per heavy atom. The van der Waals surface area contributed by atoms with Crippen LogP contribution in [0.15, 0.2) is 30.3 Å². The van der Waals surface area contributed by atoms with Gasteiger partial charge in [0.05, 0.1) is 6.61 Å². The number of benzene rings is 1. The smallest absolute Gasteiger partial charge is 0.122 e. The summed E-state index contributed by atoms with van der Waals surface area (Å²) in [5.41, 5.74) is 0. The van der Waals surface area contributed by atoms with Gasteiger partial charge in [-0.3, -0.25) is 0 Å². The summed E-state index contributed by atoms with van der Waals surface area (Å²) in [6.45, 7) is 5.88. The molecule has 0 aromatic heterocycles. The van der Waals surface area contributed by atoms with Crippen molar-refractivity contribution >= 4 is 12.4 Å². The predicted molar refractivity (Wildman–Crippen MR) is 65.4 cm³/mol. The minimum Gasteiger partial charge on any atom is -0.396 e. The number of aliphatic hydroxyl groups is 1. The molecule has 1 atom stereocenters. The van der Waals surface area contributed by atoms with Crippen LogP contribution >= 0.6 is 7.14 Å². The summed E-state index contributed by atoms with van der Waals surface area (Å²) in [7, 11) is -2.51. The third kappa shape index (κ3) is 2.50. The van der Waals surface area contributed by atoms with E-state index in [-0.39, 0.29) is 11.8 Å². The lowest BCUT2D eigenvalue weighted by molar-refractivity contribution is 0.318. The molecule has 1 N–H and O–H groups in total. The molecule has 0 amide bonds. The molecule has 1 rings (SSSR count). The first kappa shape index (κ1) is 12.5. The van der Waals surface area contributed by atoms with Crippen LogP contribution in [0.5, 0.6) is 0 Å². The second-order valence-corrected chi connectivity index (χ2v) is 8.48. The fourth-order valence-electron chi connectivity index (χ4n) is 1.66. The van der Waals surface area contributed by atoms with Crippen LogP contribution in [0.1, 0.15) is 20.8 Å². The maximum atomic E-state index is 12.9. The summed E-state index contributed by atoms with van der Waals surface area (Å²) in [6, 6.07) is 9.48. The van der Waals surface area contributed by atoms with Crippen molar-refractivity contribution in [2.24, 2.45) is 0 Å². The first-order chi connectivity index (χ1) is 6.92. The van der Waals surface area contributed by atoms with Crippen molar-refractivity contribution in [3.63, 3.8) is 0 Å². The average molecular weight is 226 g/mol. The molecule has 0 saturated heterocycles. The van der Waals surface area contributed by atoms with Crippen molar-refractivity contribution < 1.29 is 9.67 Å². The molecule has 0 bridgehead atoms. The normalized spacial score (nSPS) is 16.0. The third-order valence-corrected chi connectivity index (χ3v) is 6.80. The molecule has 1 unspecified atom stereocenters. The fourth-order valence-corrected chi connectivity index (χ4v) is 4.30. The van der Waals surface area contributed by atoms with E-state index in [9.17, 15) is 4.57 Å². The summed E-state index contributed by atoms with van der Waals surface area (Å²) in [6.07, 6.45) is 0.362. The highest BCUT2D eigenvalue weighted by Gasteiger charge is 2.37. The van der Waals surface area contributed by atoms with E-state index in [1.807, 2.05) is 51.1 Å². The van der Waals surface area contributed by atoms with Gasteiger partial charge in [-0.2, -0.15) is 0 Å². The minimum absolute atomic E-state index is 0.0244. The van der Waals surface area contributed by atoms with Crippen molar-refractivity contribution in [1.29, 1.82) is 0 Å². The summed E-state index contributed by atoms with van der Waals surface area (Å²) in [5, 5.41) is 9.63.